The number of ether oxygens (including phenoxy) is 1. The van der Waals surface area contributed by atoms with Gasteiger partial charge in [0.25, 0.3) is 5.91 Å². The first-order valence-corrected chi connectivity index (χ1v) is 12.5. The summed E-state index contributed by atoms with van der Waals surface area (Å²) >= 11 is 5.88. The Labute approximate surface area is 224 Å². The summed E-state index contributed by atoms with van der Waals surface area (Å²) in [6, 6.07) is 10.5. The van der Waals surface area contributed by atoms with Crippen molar-refractivity contribution in [3.05, 3.63) is 76.4 Å². The van der Waals surface area contributed by atoms with E-state index in [0.29, 0.717) is 42.9 Å². The van der Waals surface area contributed by atoms with Gasteiger partial charge in [-0.1, -0.05) is 23.7 Å². The van der Waals surface area contributed by atoms with Crippen molar-refractivity contribution < 1.29 is 23.1 Å². The van der Waals surface area contributed by atoms with E-state index < -0.39 is 11.6 Å². The summed E-state index contributed by atoms with van der Waals surface area (Å²) in [6.45, 7) is 5.33. The number of piperazine rings is 1. The van der Waals surface area contributed by atoms with Crippen molar-refractivity contribution in [2.24, 2.45) is 0 Å². The highest BCUT2D eigenvalue weighted by atomic mass is 35.5. The fourth-order valence-corrected chi connectivity index (χ4v) is 4.34. The number of halogens is 3. The number of aromatic nitrogens is 1. The topological polar surface area (TPSA) is 101 Å². The predicted molar refractivity (Wildman–Crippen MR) is 141 cm³/mol. The molecule has 3 aromatic rings. The Hall–Kier alpha value is -3.76. The molecule has 0 saturated carbocycles. The van der Waals surface area contributed by atoms with Crippen LogP contribution in [0.4, 0.5) is 14.6 Å². The maximum absolute atomic E-state index is 14.1. The second kappa shape index (κ2) is 12.2. The van der Waals surface area contributed by atoms with Gasteiger partial charge in [-0.2, -0.15) is 0 Å². The molecule has 0 atom stereocenters. The van der Waals surface area contributed by atoms with Crippen LogP contribution in [-0.4, -0.2) is 65.9 Å². The zero-order chi connectivity index (χ0) is 27.2. The maximum Gasteiger partial charge on any atom is 0.251 e. The largest absolute Gasteiger partial charge is 0.485 e. The molecule has 0 unspecified atom stereocenters. The van der Waals surface area contributed by atoms with Gasteiger partial charge in [-0.15, -0.1) is 0 Å². The summed E-state index contributed by atoms with van der Waals surface area (Å²) in [6.07, 6.45) is 1.54. The van der Waals surface area contributed by atoms with E-state index >= 15 is 0 Å². The first-order valence-electron chi connectivity index (χ1n) is 12.1. The van der Waals surface area contributed by atoms with E-state index in [4.69, 9.17) is 22.1 Å². The van der Waals surface area contributed by atoms with Crippen LogP contribution in [0.15, 0.2) is 48.7 Å². The number of benzene rings is 2. The number of nitrogens with zero attached hydrogens (tertiary/aromatic N) is 3. The van der Waals surface area contributed by atoms with Gasteiger partial charge in [-0.25, -0.2) is 13.8 Å². The lowest BCUT2D eigenvalue weighted by Crippen LogP contribution is -2.49. The third kappa shape index (κ3) is 6.56. The molecule has 0 radical (unpaired) electrons. The maximum atomic E-state index is 14.1. The Morgan fingerprint density at radius 3 is 2.55 bits per heavy atom. The molecule has 1 aliphatic rings. The molecule has 4 rings (SSSR count). The highest BCUT2D eigenvalue weighted by Crippen LogP contribution is 2.30. The Morgan fingerprint density at radius 1 is 1.08 bits per heavy atom. The van der Waals surface area contributed by atoms with Crippen LogP contribution >= 0.6 is 11.6 Å². The second-order valence-electron chi connectivity index (χ2n) is 8.90. The molecule has 11 heteroatoms. The summed E-state index contributed by atoms with van der Waals surface area (Å²) < 4.78 is 33.5. The summed E-state index contributed by atoms with van der Waals surface area (Å²) in [7, 11) is 0. The third-order valence-corrected chi connectivity index (χ3v) is 6.79. The van der Waals surface area contributed by atoms with Crippen molar-refractivity contribution in [1.82, 2.24) is 20.1 Å². The molecule has 3 N–H and O–H groups in total. The number of amides is 2. The van der Waals surface area contributed by atoms with Gasteiger partial charge in [0.1, 0.15) is 18.2 Å². The first kappa shape index (κ1) is 27.3. The standard InChI is InChI=1S/C27H28ClF2N5O3/c1-17(36)35-11-9-34(10-12-35)8-7-32-27(37)19-4-2-3-18(13-19)20-14-24(26(31)33-15-20)38-16-21-22(29)5-6-23(30)25(21)28/h2-6,13-15H,7-12,16H2,1H3,(H2,31,33)(H,32,37). The molecule has 8 nitrogen and oxygen atoms in total. The number of carbonyl (C=O) groups is 2. The molecule has 0 bridgehead atoms. The molecule has 0 spiro atoms. The zero-order valence-corrected chi connectivity index (χ0v) is 21.6. The quantitative estimate of drug-likeness (QED) is 0.420. The van der Waals surface area contributed by atoms with Gasteiger partial charge in [0, 0.05) is 69.1 Å². The van der Waals surface area contributed by atoms with Crippen LogP contribution in [0.25, 0.3) is 11.1 Å². The minimum absolute atomic E-state index is 0.0692. The van der Waals surface area contributed by atoms with Crippen LogP contribution in [0.2, 0.25) is 5.02 Å². The smallest absolute Gasteiger partial charge is 0.251 e. The number of nitrogens with two attached hydrogens (primary N) is 1. The molecule has 0 aliphatic carbocycles. The van der Waals surface area contributed by atoms with E-state index in [2.05, 4.69) is 15.2 Å². The van der Waals surface area contributed by atoms with E-state index in [1.54, 1.807) is 31.2 Å². The monoisotopic (exact) mass is 543 g/mol. The van der Waals surface area contributed by atoms with Gasteiger partial charge >= 0.3 is 0 Å². The van der Waals surface area contributed by atoms with Crippen molar-refractivity contribution in [2.75, 3.05) is 45.0 Å². The molecule has 1 aromatic heterocycles. The van der Waals surface area contributed by atoms with E-state index in [-0.39, 0.29) is 40.6 Å². The fraction of sp³-hybridized carbons (Fsp3) is 0.296. The number of hydrogen-bond acceptors (Lipinski definition) is 6. The normalized spacial score (nSPS) is 13.8. The minimum Gasteiger partial charge on any atom is -0.485 e. The number of carbonyl (C=O) groups excluding carboxylic acids is 2. The van der Waals surface area contributed by atoms with Crippen molar-refractivity contribution in [1.29, 1.82) is 0 Å². The Balaban J connectivity index is 1.38. The molecule has 1 saturated heterocycles. The Bertz CT molecular complexity index is 1330. The van der Waals surface area contributed by atoms with E-state index in [1.807, 2.05) is 11.0 Å². The van der Waals surface area contributed by atoms with Crippen LogP contribution < -0.4 is 15.8 Å². The Kier molecular flexibility index (Phi) is 8.75. The molecule has 200 valence electrons. The summed E-state index contributed by atoms with van der Waals surface area (Å²) in [5.74, 6) is -1.35. The Morgan fingerprint density at radius 2 is 1.82 bits per heavy atom. The van der Waals surface area contributed by atoms with Crippen molar-refractivity contribution in [3.63, 3.8) is 0 Å². The summed E-state index contributed by atoms with van der Waals surface area (Å²) in [5, 5.41) is 2.58. The van der Waals surface area contributed by atoms with Gasteiger partial charge in [0.2, 0.25) is 5.91 Å². The lowest BCUT2D eigenvalue weighted by atomic mass is 10.0. The lowest BCUT2D eigenvalue weighted by molar-refractivity contribution is -0.130. The summed E-state index contributed by atoms with van der Waals surface area (Å²) in [4.78, 5) is 32.4. The van der Waals surface area contributed by atoms with Crippen LogP contribution in [-0.2, 0) is 11.4 Å². The van der Waals surface area contributed by atoms with Crippen LogP contribution in [0.1, 0.15) is 22.8 Å². The van der Waals surface area contributed by atoms with Crippen molar-refractivity contribution in [3.8, 4) is 16.9 Å². The highest BCUT2D eigenvalue weighted by Gasteiger charge is 2.19. The van der Waals surface area contributed by atoms with Gasteiger partial charge in [-0.3, -0.25) is 14.5 Å². The third-order valence-electron chi connectivity index (χ3n) is 6.38. The average Bonchev–Trinajstić information content (AvgIpc) is 2.92. The zero-order valence-electron chi connectivity index (χ0n) is 20.8. The summed E-state index contributed by atoms with van der Waals surface area (Å²) in [5.41, 5.74) is 7.59. The average molecular weight is 544 g/mol. The van der Waals surface area contributed by atoms with Gasteiger partial charge < -0.3 is 20.7 Å². The molecule has 2 aromatic carbocycles. The molecule has 38 heavy (non-hydrogen) atoms. The molecule has 2 amide bonds. The highest BCUT2D eigenvalue weighted by molar-refractivity contribution is 6.31. The van der Waals surface area contributed by atoms with E-state index in [9.17, 15) is 18.4 Å². The predicted octanol–water partition coefficient (Wildman–Crippen LogP) is 3.74. The first-order chi connectivity index (χ1) is 18.2. The number of nitrogens with one attached hydrogen (secondary N) is 1. The van der Waals surface area contributed by atoms with E-state index in [0.717, 1.165) is 25.2 Å². The molecular formula is C27H28ClF2N5O3. The van der Waals surface area contributed by atoms with Gasteiger partial charge in [0.15, 0.2) is 11.6 Å². The van der Waals surface area contributed by atoms with Gasteiger partial charge in [0.05, 0.1) is 5.02 Å². The number of anilines is 1. The molecular weight excluding hydrogens is 516 g/mol. The molecule has 1 fully saturated rings. The lowest BCUT2D eigenvalue weighted by Gasteiger charge is -2.34. The number of nitrogen functional groups attached to an aromatic ring is 1. The van der Waals surface area contributed by atoms with E-state index in [1.165, 1.54) is 6.20 Å². The van der Waals surface area contributed by atoms with Crippen LogP contribution in [0.3, 0.4) is 0 Å². The number of rotatable bonds is 8. The van der Waals surface area contributed by atoms with Crippen molar-refractivity contribution >= 4 is 29.2 Å². The van der Waals surface area contributed by atoms with Crippen molar-refractivity contribution in [2.45, 2.75) is 13.5 Å². The SMILES string of the molecule is CC(=O)N1CCN(CCNC(=O)c2cccc(-c3cnc(N)c(OCc4c(F)ccc(F)c4Cl)c3)c2)CC1. The number of pyridine rings is 1. The molecule has 2 heterocycles. The molecule has 1 aliphatic heterocycles. The van der Waals surface area contributed by atoms with Gasteiger partial charge in [-0.05, 0) is 35.9 Å². The minimum atomic E-state index is -0.753. The van der Waals surface area contributed by atoms with Crippen LogP contribution in [0, 0.1) is 11.6 Å². The van der Waals surface area contributed by atoms with Crippen LogP contribution in [0.5, 0.6) is 5.75 Å². The fourth-order valence-electron chi connectivity index (χ4n) is 4.14. The number of hydrogen-bond donors (Lipinski definition) is 2. The second-order valence-corrected chi connectivity index (χ2v) is 9.28.